The molecule has 2 aromatic rings. The number of pyridine rings is 1. The molecule has 0 bridgehead atoms. The van der Waals surface area contributed by atoms with Gasteiger partial charge in [-0.25, -0.2) is 4.39 Å². The minimum absolute atomic E-state index is 0.317. The molecule has 3 N–H and O–H groups in total. The van der Waals surface area contributed by atoms with Gasteiger partial charge in [-0.05, 0) is 36.5 Å². The third-order valence-corrected chi connectivity index (χ3v) is 4.71. The van der Waals surface area contributed by atoms with Crippen LogP contribution in [-0.2, 0) is 0 Å². The fourth-order valence-electron chi connectivity index (χ4n) is 3.33. The zero-order valence-corrected chi connectivity index (χ0v) is 12.4. The predicted octanol–water partition coefficient (Wildman–Crippen LogP) is 4.19. The number of nitrogens with zero attached hydrogens (tertiary/aromatic N) is 1. The van der Waals surface area contributed by atoms with Crippen LogP contribution in [0, 0.1) is 17.7 Å². The van der Waals surface area contributed by atoms with Crippen molar-refractivity contribution in [1.29, 1.82) is 0 Å². The molecule has 1 saturated carbocycles. The number of nitrogen functional groups attached to an aromatic ring is 1. The Balaban J connectivity index is 1.86. The zero-order valence-electron chi connectivity index (χ0n) is 12.4. The minimum Gasteiger partial charge on any atom is -0.398 e. The first-order valence-electron chi connectivity index (χ1n) is 7.73. The van der Waals surface area contributed by atoms with Crippen molar-refractivity contribution >= 4 is 22.3 Å². The number of anilines is 2. The summed E-state index contributed by atoms with van der Waals surface area (Å²) in [5, 5.41) is 4.09. The molecule has 1 fully saturated rings. The molecule has 0 amide bonds. The van der Waals surface area contributed by atoms with Gasteiger partial charge in [-0.15, -0.1) is 0 Å². The van der Waals surface area contributed by atoms with E-state index in [1.165, 1.54) is 31.7 Å². The van der Waals surface area contributed by atoms with Crippen LogP contribution in [0.25, 0.3) is 10.9 Å². The van der Waals surface area contributed by atoms with E-state index in [0.717, 1.165) is 11.9 Å². The smallest absolute Gasteiger partial charge is 0.150 e. The zero-order chi connectivity index (χ0) is 14.8. The van der Waals surface area contributed by atoms with Crippen molar-refractivity contribution in [2.24, 2.45) is 11.8 Å². The number of hydrogen-bond donors (Lipinski definition) is 2. The standard InChI is InChI=1S/C17H22FN3/c1-11-5-2-3-6-12(11)10-21-17-14(18)9-15(19)13-7-4-8-20-16(13)17/h4,7-9,11-12,21H,2-3,5-6,10,19H2,1H3. The maximum atomic E-state index is 14.2. The molecule has 1 heterocycles. The van der Waals surface area contributed by atoms with E-state index >= 15 is 0 Å². The maximum absolute atomic E-state index is 14.2. The lowest BCUT2D eigenvalue weighted by molar-refractivity contribution is 0.268. The topological polar surface area (TPSA) is 50.9 Å². The molecular weight excluding hydrogens is 265 g/mol. The van der Waals surface area contributed by atoms with Gasteiger partial charge in [0.05, 0.1) is 11.2 Å². The van der Waals surface area contributed by atoms with Crippen molar-refractivity contribution in [1.82, 2.24) is 4.98 Å². The molecule has 0 radical (unpaired) electrons. The second-order valence-corrected chi connectivity index (χ2v) is 6.12. The van der Waals surface area contributed by atoms with Crippen molar-refractivity contribution in [3.05, 3.63) is 30.2 Å². The van der Waals surface area contributed by atoms with Crippen LogP contribution in [-0.4, -0.2) is 11.5 Å². The van der Waals surface area contributed by atoms with E-state index in [0.29, 0.717) is 28.7 Å². The first-order valence-corrected chi connectivity index (χ1v) is 7.73. The summed E-state index contributed by atoms with van der Waals surface area (Å²) in [4.78, 5) is 4.30. The first kappa shape index (κ1) is 14.1. The summed E-state index contributed by atoms with van der Waals surface area (Å²) in [6.45, 7) is 3.09. The van der Waals surface area contributed by atoms with Crippen LogP contribution in [0.4, 0.5) is 15.8 Å². The third kappa shape index (κ3) is 2.80. The van der Waals surface area contributed by atoms with E-state index in [1.54, 1.807) is 6.20 Å². The van der Waals surface area contributed by atoms with E-state index < -0.39 is 0 Å². The number of halogens is 1. The molecule has 1 aliphatic rings. The normalized spacial score (nSPS) is 22.4. The molecule has 4 heteroatoms. The van der Waals surface area contributed by atoms with Gasteiger partial charge in [0.15, 0.2) is 5.82 Å². The molecule has 0 saturated heterocycles. The monoisotopic (exact) mass is 287 g/mol. The van der Waals surface area contributed by atoms with Gasteiger partial charge in [-0.3, -0.25) is 4.98 Å². The Morgan fingerprint density at radius 2 is 2.19 bits per heavy atom. The van der Waals surface area contributed by atoms with Crippen LogP contribution >= 0.6 is 0 Å². The second-order valence-electron chi connectivity index (χ2n) is 6.12. The molecule has 0 spiro atoms. The lowest BCUT2D eigenvalue weighted by atomic mass is 9.80. The number of benzene rings is 1. The van der Waals surface area contributed by atoms with Gasteiger partial charge in [0.1, 0.15) is 0 Å². The Labute approximate surface area is 124 Å². The average Bonchev–Trinajstić information content (AvgIpc) is 2.49. The Morgan fingerprint density at radius 3 is 3.00 bits per heavy atom. The van der Waals surface area contributed by atoms with Crippen molar-refractivity contribution in [3.63, 3.8) is 0 Å². The van der Waals surface area contributed by atoms with Crippen LogP contribution in [0.15, 0.2) is 24.4 Å². The van der Waals surface area contributed by atoms with E-state index in [4.69, 9.17) is 5.73 Å². The molecule has 3 rings (SSSR count). The maximum Gasteiger partial charge on any atom is 0.150 e. The molecule has 1 aromatic carbocycles. The van der Waals surface area contributed by atoms with Crippen LogP contribution in [0.2, 0.25) is 0 Å². The summed E-state index contributed by atoms with van der Waals surface area (Å²) >= 11 is 0. The summed E-state index contributed by atoms with van der Waals surface area (Å²) in [6.07, 6.45) is 6.76. The Morgan fingerprint density at radius 1 is 1.38 bits per heavy atom. The van der Waals surface area contributed by atoms with E-state index in [-0.39, 0.29) is 5.82 Å². The molecule has 2 unspecified atom stereocenters. The highest BCUT2D eigenvalue weighted by Gasteiger charge is 2.22. The van der Waals surface area contributed by atoms with E-state index in [1.807, 2.05) is 12.1 Å². The highest BCUT2D eigenvalue weighted by atomic mass is 19.1. The van der Waals surface area contributed by atoms with Gasteiger partial charge in [-0.1, -0.05) is 26.2 Å². The second kappa shape index (κ2) is 5.88. The van der Waals surface area contributed by atoms with Crippen LogP contribution in [0.5, 0.6) is 0 Å². The first-order chi connectivity index (χ1) is 10.2. The van der Waals surface area contributed by atoms with Gasteiger partial charge in [0.25, 0.3) is 0 Å². The van der Waals surface area contributed by atoms with E-state index in [2.05, 4.69) is 17.2 Å². The number of hydrogen-bond acceptors (Lipinski definition) is 3. The van der Waals surface area contributed by atoms with Gasteiger partial charge in [-0.2, -0.15) is 0 Å². The van der Waals surface area contributed by atoms with Gasteiger partial charge in [0, 0.05) is 23.8 Å². The fraction of sp³-hybridized carbons (Fsp3) is 0.471. The van der Waals surface area contributed by atoms with Gasteiger partial charge in [0.2, 0.25) is 0 Å². The van der Waals surface area contributed by atoms with Gasteiger partial charge >= 0.3 is 0 Å². The summed E-state index contributed by atoms with van der Waals surface area (Å²) in [7, 11) is 0. The predicted molar refractivity (Wildman–Crippen MR) is 85.7 cm³/mol. The molecule has 21 heavy (non-hydrogen) atoms. The lowest BCUT2D eigenvalue weighted by Crippen LogP contribution is -2.24. The van der Waals surface area contributed by atoms with Crippen molar-refractivity contribution in [2.45, 2.75) is 32.6 Å². The van der Waals surface area contributed by atoms with Crippen LogP contribution in [0.1, 0.15) is 32.6 Å². The van der Waals surface area contributed by atoms with Crippen LogP contribution < -0.4 is 11.1 Å². The summed E-state index contributed by atoms with van der Waals surface area (Å²) in [5.41, 5.74) is 7.42. The summed E-state index contributed by atoms with van der Waals surface area (Å²) < 4.78 is 14.2. The molecule has 112 valence electrons. The quantitative estimate of drug-likeness (QED) is 0.832. The number of rotatable bonds is 3. The molecule has 2 atom stereocenters. The average molecular weight is 287 g/mol. The molecule has 1 aromatic heterocycles. The Hall–Kier alpha value is -1.84. The largest absolute Gasteiger partial charge is 0.398 e. The summed E-state index contributed by atoms with van der Waals surface area (Å²) in [5.74, 6) is 0.985. The van der Waals surface area contributed by atoms with Gasteiger partial charge < -0.3 is 11.1 Å². The molecule has 3 nitrogen and oxygen atoms in total. The summed E-state index contributed by atoms with van der Waals surface area (Å²) in [6, 6.07) is 5.09. The molecule has 0 aliphatic heterocycles. The van der Waals surface area contributed by atoms with E-state index in [9.17, 15) is 4.39 Å². The minimum atomic E-state index is -0.317. The number of nitrogens with two attached hydrogens (primary N) is 1. The van der Waals surface area contributed by atoms with Crippen molar-refractivity contribution in [2.75, 3.05) is 17.6 Å². The lowest BCUT2D eigenvalue weighted by Gasteiger charge is -2.29. The fourth-order valence-corrected chi connectivity index (χ4v) is 3.33. The SMILES string of the molecule is CC1CCCCC1CNc1c(F)cc(N)c2cccnc12. The molecule has 1 aliphatic carbocycles. The molecular formula is C17H22FN3. The third-order valence-electron chi connectivity index (χ3n) is 4.71. The Bertz CT molecular complexity index is 641. The number of fused-ring (bicyclic) bond motifs is 1. The number of aromatic nitrogens is 1. The highest BCUT2D eigenvalue weighted by Crippen LogP contribution is 2.32. The van der Waals surface area contributed by atoms with Crippen molar-refractivity contribution in [3.8, 4) is 0 Å². The Kier molecular flexibility index (Phi) is 3.95. The van der Waals surface area contributed by atoms with Crippen LogP contribution in [0.3, 0.4) is 0 Å². The number of nitrogens with one attached hydrogen (secondary N) is 1. The highest BCUT2D eigenvalue weighted by molar-refractivity contribution is 5.98. The van der Waals surface area contributed by atoms with Crippen molar-refractivity contribution < 1.29 is 4.39 Å².